The molecule has 0 aliphatic heterocycles. The van der Waals surface area contributed by atoms with Crippen LogP contribution in [0.15, 0.2) is 47.4 Å². The van der Waals surface area contributed by atoms with Crippen LogP contribution in [0.3, 0.4) is 0 Å². The number of aryl methyl sites for hydroxylation is 1. The summed E-state index contributed by atoms with van der Waals surface area (Å²) < 4.78 is 38.0. The number of hydrogen-bond acceptors (Lipinski definition) is 4. The van der Waals surface area contributed by atoms with Crippen LogP contribution >= 0.6 is 0 Å². The zero-order valence-corrected chi connectivity index (χ0v) is 19.2. The monoisotopic (exact) mass is 402 g/mol. The first-order valence-electron chi connectivity index (χ1n) is 8.45. The van der Waals surface area contributed by atoms with Crippen molar-refractivity contribution in [1.29, 1.82) is 0 Å². The predicted molar refractivity (Wildman–Crippen MR) is 94.7 cm³/mol. The molecule has 2 aromatic carbocycles. The van der Waals surface area contributed by atoms with E-state index in [2.05, 4.69) is 6.92 Å². The molecule has 2 aromatic rings. The van der Waals surface area contributed by atoms with E-state index in [1.165, 1.54) is 30.7 Å². The molecule has 136 valence electrons. The second kappa shape index (κ2) is 11.4. The second-order valence-electron chi connectivity index (χ2n) is 6.03. The zero-order chi connectivity index (χ0) is 18.3. The molecule has 0 unspecified atom stereocenters. The van der Waals surface area contributed by atoms with E-state index < -0.39 is 10.1 Å². The molecule has 7 heteroatoms. The standard InChI is InChI=1S/C19H24O5S.K/c1-2-3-4-5-6-8-15-11-18(14-19(12-15)25(21,22)23)24-17-10-7-9-16(20)13-17;/h7,9-14,20H,2-6,8H2,1H3,(H,21,22,23);/q;+1/p-1. The van der Waals surface area contributed by atoms with Gasteiger partial charge >= 0.3 is 51.4 Å². The van der Waals surface area contributed by atoms with Gasteiger partial charge in [0, 0.05) is 6.07 Å². The van der Waals surface area contributed by atoms with E-state index in [1.807, 2.05) is 0 Å². The maximum Gasteiger partial charge on any atom is 1.00 e. The predicted octanol–water partition coefficient (Wildman–Crippen LogP) is 1.32. The van der Waals surface area contributed by atoms with Crippen LogP contribution in [0.1, 0.15) is 44.6 Å². The average molecular weight is 403 g/mol. The Morgan fingerprint density at radius 2 is 1.73 bits per heavy atom. The Morgan fingerprint density at radius 3 is 2.38 bits per heavy atom. The van der Waals surface area contributed by atoms with E-state index in [9.17, 15) is 18.1 Å². The number of rotatable bonds is 9. The summed E-state index contributed by atoms with van der Waals surface area (Å²) in [5.41, 5.74) is 0.778. The fraction of sp³-hybridized carbons (Fsp3) is 0.368. The van der Waals surface area contributed by atoms with Gasteiger partial charge in [0.25, 0.3) is 10.1 Å². The SMILES string of the molecule is CCCCCCCc1cc(Oc2cccc([O-])c2)cc(S(=O)(=O)O)c1.[K+]. The molecule has 0 saturated heterocycles. The van der Waals surface area contributed by atoms with Crippen LogP contribution in [0.25, 0.3) is 0 Å². The molecule has 0 bridgehead atoms. The molecule has 0 aliphatic carbocycles. The smallest absolute Gasteiger partial charge is 0.872 e. The van der Waals surface area contributed by atoms with Crippen molar-refractivity contribution in [2.75, 3.05) is 0 Å². The van der Waals surface area contributed by atoms with Gasteiger partial charge < -0.3 is 9.84 Å². The minimum Gasteiger partial charge on any atom is -0.872 e. The molecule has 5 nitrogen and oxygen atoms in total. The Balaban J connectivity index is 0.00000338. The summed E-state index contributed by atoms with van der Waals surface area (Å²) in [6.45, 7) is 2.15. The first-order valence-corrected chi connectivity index (χ1v) is 9.89. The van der Waals surface area contributed by atoms with Crippen LogP contribution < -0.4 is 61.2 Å². The van der Waals surface area contributed by atoms with E-state index in [1.54, 1.807) is 18.2 Å². The van der Waals surface area contributed by atoms with Crippen LogP contribution in [0.4, 0.5) is 0 Å². The van der Waals surface area contributed by atoms with E-state index in [0.29, 0.717) is 12.2 Å². The molecule has 0 amide bonds. The largest absolute Gasteiger partial charge is 1.00 e. The molecule has 0 heterocycles. The molecule has 2 rings (SSSR count). The van der Waals surface area contributed by atoms with Gasteiger partial charge in [-0.15, -0.1) is 5.75 Å². The molecule has 0 saturated carbocycles. The second-order valence-corrected chi connectivity index (χ2v) is 7.45. The molecule has 0 aliphatic rings. The van der Waals surface area contributed by atoms with Crippen molar-refractivity contribution >= 4 is 10.1 Å². The summed E-state index contributed by atoms with van der Waals surface area (Å²) >= 11 is 0. The van der Waals surface area contributed by atoms with Crippen molar-refractivity contribution < 1.29 is 74.2 Å². The summed E-state index contributed by atoms with van der Waals surface area (Å²) in [6.07, 6.45) is 6.20. The van der Waals surface area contributed by atoms with Crippen LogP contribution in [0, 0.1) is 0 Å². The number of unbranched alkanes of at least 4 members (excludes halogenated alkanes) is 4. The third-order valence-electron chi connectivity index (χ3n) is 3.85. The Kier molecular flexibility index (Phi) is 10.4. The van der Waals surface area contributed by atoms with E-state index in [0.717, 1.165) is 31.2 Å². The summed E-state index contributed by atoms with van der Waals surface area (Å²) in [6, 6.07) is 10.4. The third-order valence-corrected chi connectivity index (χ3v) is 4.68. The van der Waals surface area contributed by atoms with Gasteiger partial charge in [0.15, 0.2) is 0 Å². The first-order chi connectivity index (χ1) is 11.9. The van der Waals surface area contributed by atoms with E-state index >= 15 is 0 Å². The molecule has 0 atom stereocenters. The molecule has 0 aromatic heterocycles. The number of hydrogen-bond donors (Lipinski definition) is 1. The molecular weight excluding hydrogens is 379 g/mol. The van der Waals surface area contributed by atoms with Crippen molar-refractivity contribution in [3.63, 3.8) is 0 Å². The van der Waals surface area contributed by atoms with Crippen LogP contribution in [-0.2, 0) is 16.5 Å². The Hall–Kier alpha value is -0.414. The summed E-state index contributed by atoms with van der Waals surface area (Å²) in [5, 5.41) is 11.4. The van der Waals surface area contributed by atoms with Crippen molar-refractivity contribution in [2.45, 2.75) is 50.3 Å². The van der Waals surface area contributed by atoms with Gasteiger partial charge in [0.1, 0.15) is 11.5 Å². The van der Waals surface area contributed by atoms with Crippen LogP contribution in [0.5, 0.6) is 17.2 Å². The average Bonchev–Trinajstić information content (AvgIpc) is 2.54. The van der Waals surface area contributed by atoms with E-state index in [4.69, 9.17) is 4.74 Å². The van der Waals surface area contributed by atoms with Gasteiger partial charge in [-0.1, -0.05) is 44.7 Å². The third kappa shape index (κ3) is 8.08. The van der Waals surface area contributed by atoms with Crippen molar-refractivity contribution in [2.24, 2.45) is 0 Å². The van der Waals surface area contributed by atoms with Crippen molar-refractivity contribution in [3.8, 4) is 17.2 Å². The minimum absolute atomic E-state index is 0. The van der Waals surface area contributed by atoms with Gasteiger partial charge in [0.2, 0.25) is 0 Å². The quantitative estimate of drug-likeness (QED) is 0.388. The molecule has 0 radical (unpaired) electrons. The van der Waals surface area contributed by atoms with Gasteiger partial charge in [-0.3, -0.25) is 4.55 Å². The Labute approximate surface area is 198 Å². The number of ether oxygens (including phenoxy) is 1. The fourth-order valence-electron chi connectivity index (χ4n) is 2.59. The Bertz CT molecular complexity index is 805. The molecule has 0 fully saturated rings. The molecular formula is C19H23KO5S. The maximum atomic E-state index is 11.5. The van der Waals surface area contributed by atoms with Crippen LogP contribution in [0.2, 0.25) is 0 Å². The van der Waals surface area contributed by atoms with Crippen molar-refractivity contribution in [1.82, 2.24) is 0 Å². The molecule has 1 N–H and O–H groups in total. The maximum absolute atomic E-state index is 11.5. The van der Waals surface area contributed by atoms with Gasteiger partial charge in [-0.25, -0.2) is 0 Å². The van der Waals surface area contributed by atoms with Crippen molar-refractivity contribution in [3.05, 3.63) is 48.0 Å². The minimum atomic E-state index is -4.33. The summed E-state index contributed by atoms with van der Waals surface area (Å²) in [7, 11) is -4.33. The molecule has 26 heavy (non-hydrogen) atoms. The zero-order valence-electron chi connectivity index (χ0n) is 15.3. The molecule has 0 spiro atoms. The fourth-order valence-corrected chi connectivity index (χ4v) is 3.15. The first kappa shape index (κ1) is 23.6. The summed E-state index contributed by atoms with van der Waals surface area (Å²) in [4.78, 5) is -0.202. The van der Waals surface area contributed by atoms with Gasteiger partial charge in [-0.2, -0.15) is 8.42 Å². The van der Waals surface area contributed by atoms with Crippen LogP contribution in [-0.4, -0.2) is 13.0 Å². The van der Waals surface area contributed by atoms with Gasteiger partial charge in [-0.05, 0) is 42.7 Å². The topological polar surface area (TPSA) is 86.7 Å². The normalized spacial score (nSPS) is 11.0. The Morgan fingerprint density at radius 1 is 1.00 bits per heavy atom. The van der Waals surface area contributed by atoms with E-state index in [-0.39, 0.29) is 67.8 Å². The van der Waals surface area contributed by atoms with Gasteiger partial charge in [0.05, 0.1) is 4.90 Å². The summed E-state index contributed by atoms with van der Waals surface area (Å²) in [5.74, 6) is 0.415. The number of benzene rings is 2.